The maximum absolute atomic E-state index is 13.7. The summed E-state index contributed by atoms with van der Waals surface area (Å²) in [6.45, 7) is 1.27. The number of nitrogens with one attached hydrogen (secondary N) is 2. The lowest BCUT2D eigenvalue weighted by Gasteiger charge is -2.27. The Kier molecular flexibility index (Phi) is 10.3. The topological polar surface area (TPSA) is 164 Å². The Morgan fingerprint density at radius 2 is 1.60 bits per heavy atom. The van der Waals surface area contributed by atoms with Gasteiger partial charge in [0.2, 0.25) is 5.91 Å². The number of amides is 1. The second kappa shape index (κ2) is 15.1. The minimum absolute atomic E-state index is 0.0654. The third kappa shape index (κ3) is 7.98. The Morgan fingerprint density at radius 3 is 2.27 bits per heavy atom. The molecule has 3 aromatic carbocycles. The number of amidine groups is 1. The number of aromatic amines is 1. The summed E-state index contributed by atoms with van der Waals surface area (Å²) >= 11 is 0. The van der Waals surface area contributed by atoms with Crippen molar-refractivity contribution in [1.29, 1.82) is 0 Å². The molecular weight excluding hydrogens is 606 g/mol. The molecule has 1 aromatic heterocycles. The number of nitrogens with two attached hydrogens (primary N) is 1. The second-order valence-corrected chi connectivity index (χ2v) is 12.6. The van der Waals surface area contributed by atoms with Gasteiger partial charge in [0, 0.05) is 35.7 Å². The number of anilines is 1. The van der Waals surface area contributed by atoms with Gasteiger partial charge in [-0.05, 0) is 85.5 Å². The number of nitrogens with zero attached hydrogens (tertiary/aromatic N) is 4. The van der Waals surface area contributed by atoms with Gasteiger partial charge in [0.1, 0.15) is 5.78 Å². The number of ketones is 1. The first-order valence-corrected chi connectivity index (χ1v) is 16.4. The third-order valence-electron chi connectivity index (χ3n) is 9.27. The van der Waals surface area contributed by atoms with Gasteiger partial charge < -0.3 is 11.1 Å². The van der Waals surface area contributed by atoms with Crippen LogP contribution in [0.2, 0.25) is 0 Å². The van der Waals surface area contributed by atoms with E-state index in [9.17, 15) is 19.2 Å². The molecule has 1 atom stereocenters. The average molecular weight is 646 g/mol. The smallest absolute Gasteiger partial charge is 0.328 e. The fraction of sp³-hybridized carbons (Fsp3) is 0.324. The van der Waals surface area contributed by atoms with E-state index in [1.54, 1.807) is 18.3 Å². The van der Waals surface area contributed by atoms with E-state index in [1.807, 2.05) is 66.7 Å². The summed E-state index contributed by atoms with van der Waals surface area (Å²) in [7, 11) is 0. The average Bonchev–Trinajstić information content (AvgIpc) is 3.66. The summed E-state index contributed by atoms with van der Waals surface area (Å²) in [5, 5.41) is 10.9. The van der Waals surface area contributed by atoms with Crippen LogP contribution < -0.4 is 22.3 Å². The van der Waals surface area contributed by atoms with E-state index in [-0.39, 0.29) is 24.0 Å². The van der Waals surface area contributed by atoms with E-state index in [1.165, 1.54) is 4.57 Å². The maximum Gasteiger partial charge on any atom is 0.328 e. The highest BCUT2D eigenvalue weighted by molar-refractivity contribution is 6.01. The molecule has 1 aliphatic heterocycles. The largest absolute Gasteiger partial charge is 0.330 e. The molecule has 0 saturated heterocycles. The Balaban J connectivity index is 1.19. The lowest BCUT2D eigenvalue weighted by molar-refractivity contribution is -0.129. The van der Waals surface area contributed by atoms with Gasteiger partial charge in [-0.25, -0.2) is 9.79 Å². The van der Waals surface area contributed by atoms with Crippen LogP contribution in [0.4, 0.5) is 5.69 Å². The predicted octanol–water partition coefficient (Wildman–Crippen LogP) is 4.94. The number of carbonyl (C=O) groups is 2. The van der Waals surface area contributed by atoms with Crippen molar-refractivity contribution in [3.05, 3.63) is 123 Å². The highest BCUT2D eigenvalue weighted by Crippen LogP contribution is 2.31. The summed E-state index contributed by atoms with van der Waals surface area (Å²) in [5.41, 5.74) is 9.12. The van der Waals surface area contributed by atoms with Crippen LogP contribution in [0, 0.1) is 17.8 Å². The summed E-state index contributed by atoms with van der Waals surface area (Å²) in [6, 6.07) is 24.1. The zero-order chi connectivity index (χ0) is 33.5. The SMILES string of the molecule is NCC1CCC(C(=O)C[C@@H](Cc2ccc(-c3cn(Cc4ccccc4)c(=O)[nH]c3=O)cc2)C(=O)Nc2ccc(C3=NCN=N3)cc2)CC1. The van der Waals surface area contributed by atoms with E-state index in [0.717, 1.165) is 42.4 Å². The first-order valence-electron chi connectivity index (χ1n) is 16.4. The van der Waals surface area contributed by atoms with Crippen molar-refractivity contribution in [2.24, 2.45) is 38.7 Å². The van der Waals surface area contributed by atoms with E-state index in [4.69, 9.17) is 5.73 Å². The fourth-order valence-electron chi connectivity index (χ4n) is 6.43. The Bertz CT molecular complexity index is 1920. The molecule has 4 N–H and O–H groups in total. The molecule has 1 fully saturated rings. The lowest BCUT2D eigenvalue weighted by Crippen LogP contribution is -2.31. The molecule has 4 aromatic rings. The quantitative estimate of drug-likeness (QED) is 0.198. The van der Waals surface area contributed by atoms with E-state index >= 15 is 0 Å². The van der Waals surface area contributed by atoms with Crippen molar-refractivity contribution in [3.8, 4) is 11.1 Å². The highest BCUT2D eigenvalue weighted by Gasteiger charge is 2.30. The second-order valence-electron chi connectivity index (χ2n) is 12.6. The number of Topliss-reactive ketones (excluding diaryl/α,β-unsaturated/α-hetero) is 1. The minimum atomic E-state index is -0.598. The van der Waals surface area contributed by atoms with E-state index < -0.39 is 17.2 Å². The van der Waals surface area contributed by atoms with Crippen LogP contribution in [0.5, 0.6) is 0 Å². The van der Waals surface area contributed by atoms with E-state index in [0.29, 0.717) is 54.7 Å². The molecule has 0 unspecified atom stereocenters. The standard InChI is InChI=1S/C37H39N7O4/c38-20-25-8-12-28(13-9-25)33(45)19-30(35(46)41-31-16-14-29(15-17-31)34-39-23-40-43-34)18-24-6-10-27(11-7-24)32-22-44(37(48)42-36(32)47)21-26-4-2-1-3-5-26/h1-7,10-11,14-17,22,25,28,30H,8-9,12-13,18-21,23,38H2,(H,41,46)(H,42,47,48)/t25?,28?,30-/m1/s1. The van der Waals surface area contributed by atoms with Crippen molar-refractivity contribution in [3.63, 3.8) is 0 Å². The molecule has 48 heavy (non-hydrogen) atoms. The molecule has 1 saturated carbocycles. The number of benzene rings is 3. The van der Waals surface area contributed by atoms with Crippen LogP contribution >= 0.6 is 0 Å². The van der Waals surface area contributed by atoms with Crippen molar-refractivity contribution < 1.29 is 9.59 Å². The summed E-state index contributed by atoms with van der Waals surface area (Å²) in [6.07, 6.45) is 5.51. The summed E-state index contributed by atoms with van der Waals surface area (Å²) in [5.74, 6) is 0.216. The van der Waals surface area contributed by atoms with Crippen molar-refractivity contribution in [2.75, 3.05) is 18.5 Å². The lowest BCUT2D eigenvalue weighted by atomic mass is 9.77. The first kappa shape index (κ1) is 32.6. The Hall–Kier alpha value is -5.29. The maximum atomic E-state index is 13.7. The zero-order valence-electron chi connectivity index (χ0n) is 26.7. The first-order chi connectivity index (χ1) is 23.4. The van der Waals surface area contributed by atoms with Gasteiger partial charge in [-0.3, -0.25) is 23.9 Å². The van der Waals surface area contributed by atoms with Gasteiger partial charge in [0.05, 0.1) is 12.1 Å². The van der Waals surface area contributed by atoms with Gasteiger partial charge in [-0.15, -0.1) is 5.11 Å². The van der Waals surface area contributed by atoms with Crippen LogP contribution in [0.3, 0.4) is 0 Å². The van der Waals surface area contributed by atoms with Gasteiger partial charge in [0.25, 0.3) is 5.56 Å². The van der Waals surface area contributed by atoms with Crippen molar-refractivity contribution in [1.82, 2.24) is 9.55 Å². The molecule has 1 aliphatic carbocycles. The molecule has 2 aliphatic rings. The van der Waals surface area contributed by atoms with Gasteiger partial charge in [0.15, 0.2) is 12.5 Å². The number of hydrogen-bond donors (Lipinski definition) is 3. The number of rotatable bonds is 12. The van der Waals surface area contributed by atoms with Crippen LogP contribution in [0.25, 0.3) is 11.1 Å². The van der Waals surface area contributed by atoms with E-state index in [2.05, 4.69) is 25.5 Å². The zero-order valence-corrected chi connectivity index (χ0v) is 26.7. The van der Waals surface area contributed by atoms with Crippen LogP contribution in [0.1, 0.15) is 48.8 Å². The molecule has 0 spiro atoms. The predicted molar refractivity (Wildman–Crippen MR) is 185 cm³/mol. The number of H-pyrrole nitrogens is 1. The molecule has 11 nitrogen and oxygen atoms in total. The molecule has 1 amide bonds. The van der Waals surface area contributed by atoms with Crippen molar-refractivity contribution >= 4 is 23.2 Å². The third-order valence-corrected chi connectivity index (χ3v) is 9.27. The number of aromatic nitrogens is 2. The monoisotopic (exact) mass is 645 g/mol. The van der Waals surface area contributed by atoms with Crippen LogP contribution in [0.15, 0.2) is 110 Å². The van der Waals surface area contributed by atoms with Gasteiger partial charge in [-0.1, -0.05) is 54.6 Å². The minimum Gasteiger partial charge on any atom is -0.330 e. The molecular formula is C37H39N7O4. The highest BCUT2D eigenvalue weighted by atomic mass is 16.2. The Labute approximate surface area is 278 Å². The summed E-state index contributed by atoms with van der Waals surface area (Å²) in [4.78, 5) is 59.2. The van der Waals surface area contributed by atoms with Crippen LogP contribution in [-0.4, -0.2) is 40.3 Å². The number of aliphatic imine (C=N–C) groups is 1. The fourth-order valence-corrected chi connectivity index (χ4v) is 6.43. The Morgan fingerprint density at radius 1 is 0.896 bits per heavy atom. The molecule has 6 rings (SSSR count). The molecule has 2 heterocycles. The molecule has 246 valence electrons. The molecule has 0 radical (unpaired) electrons. The summed E-state index contributed by atoms with van der Waals surface area (Å²) < 4.78 is 1.48. The molecule has 11 heteroatoms. The number of carbonyl (C=O) groups excluding carboxylic acids is 2. The van der Waals surface area contributed by atoms with Crippen molar-refractivity contribution in [2.45, 2.75) is 45.1 Å². The van der Waals surface area contributed by atoms with Gasteiger partial charge in [-0.2, -0.15) is 5.11 Å². The molecule has 0 bridgehead atoms. The normalized spacial score (nSPS) is 17.9. The number of hydrogen-bond acceptors (Lipinski definition) is 8. The van der Waals surface area contributed by atoms with Gasteiger partial charge >= 0.3 is 5.69 Å². The van der Waals surface area contributed by atoms with Crippen LogP contribution in [-0.2, 0) is 22.6 Å². The number of azo groups is 1.